The Hall–Kier alpha value is -4.31. The fourth-order valence-electron chi connectivity index (χ4n) is 3.92. The number of nitrogens with zero attached hydrogens (tertiary/aromatic N) is 2. The molecule has 2 heterocycles. The Morgan fingerprint density at radius 3 is 2.57 bits per heavy atom. The molecule has 5 rings (SSSR count). The number of amides is 2. The van der Waals surface area contributed by atoms with Gasteiger partial charge in [0, 0.05) is 12.1 Å². The second-order valence-corrected chi connectivity index (χ2v) is 9.41. The smallest absolute Gasteiger partial charge is 0.337 e. The van der Waals surface area contributed by atoms with Crippen LogP contribution in [0.25, 0.3) is 0 Å². The number of benzene rings is 3. The highest BCUT2D eigenvalue weighted by Crippen LogP contribution is 2.34. The van der Waals surface area contributed by atoms with E-state index < -0.39 is 11.2 Å². The van der Waals surface area contributed by atoms with Crippen LogP contribution in [0.4, 0.5) is 11.4 Å². The van der Waals surface area contributed by atoms with Gasteiger partial charge in [0.15, 0.2) is 16.7 Å². The van der Waals surface area contributed by atoms with Crippen LogP contribution < -0.4 is 19.7 Å². The molecule has 2 amide bonds. The van der Waals surface area contributed by atoms with E-state index in [0.29, 0.717) is 34.5 Å². The van der Waals surface area contributed by atoms with Crippen LogP contribution in [0.2, 0.25) is 0 Å². The summed E-state index contributed by atoms with van der Waals surface area (Å²) in [5.41, 5.74) is 2.46. The summed E-state index contributed by atoms with van der Waals surface area (Å²) < 4.78 is 15.5. The van der Waals surface area contributed by atoms with Gasteiger partial charge in [0.1, 0.15) is 5.25 Å². The molecule has 1 N–H and O–H groups in total. The van der Waals surface area contributed by atoms with Crippen molar-refractivity contribution in [2.24, 2.45) is 4.99 Å². The van der Waals surface area contributed by atoms with E-state index in [9.17, 15) is 14.4 Å². The zero-order valence-electron chi connectivity index (χ0n) is 19.9. The van der Waals surface area contributed by atoms with Gasteiger partial charge >= 0.3 is 5.97 Å². The van der Waals surface area contributed by atoms with Gasteiger partial charge in [0.2, 0.25) is 18.6 Å². The van der Waals surface area contributed by atoms with E-state index in [0.717, 1.165) is 16.2 Å². The molecule has 1 saturated heterocycles. The molecule has 1 fully saturated rings. The van der Waals surface area contributed by atoms with Crippen LogP contribution in [-0.4, -0.2) is 42.1 Å². The van der Waals surface area contributed by atoms with E-state index in [4.69, 9.17) is 19.2 Å². The van der Waals surface area contributed by atoms with E-state index in [1.165, 1.54) is 31.0 Å². The van der Waals surface area contributed by atoms with Crippen molar-refractivity contribution in [3.63, 3.8) is 0 Å². The van der Waals surface area contributed by atoms with Crippen LogP contribution in [0.15, 0.2) is 77.8 Å². The summed E-state index contributed by atoms with van der Waals surface area (Å²) in [5, 5.41) is 3.13. The quantitative estimate of drug-likeness (QED) is 0.224. The molecule has 0 aromatic heterocycles. The lowest BCUT2D eigenvalue weighted by atomic mass is 10.2. The molecule has 0 spiro atoms. The minimum atomic E-state index is -0.653. The summed E-state index contributed by atoms with van der Waals surface area (Å²) in [6.07, 6.45) is 0.0295. The average molecular weight is 518 g/mol. The lowest BCUT2D eigenvalue weighted by molar-refractivity contribution is -0.121. The third kappa shape index (κ3) is 5.44. The fourth-order valence-corrected chi connectivity index (χ4v) is 4.94. The zero-order chi connectivity index (χ0) is 25.8. The van der Waals surface area contributed by atoms with Crippen molar-refractivity contribution in [1.29, 1.82) is 0 Å². The molecule has 0 saturated carbocycles. The number of hydrogen-bond acceptors (Lipinski definition) is 8. The Bertz CT molecular complexity index is 1360. The highest BCUT2D eigenvalue weighted by Gasteiger charge is 2.41. The summed E-state index contributed by atoms with van der Waals surface area (Å²) >= 11 is 1.21. The Morgan fingerprint density at radius 2 is 1.81 bits per heavy atom. The number of amidine groups is 1. The first kappa shape index (κ1) is 24.4. The number of fused-ring (bicyclic) bond motifs is 1. The molecule has 3 aromatic rings. The van der Waals surface area contributed by atoms with E-state index in [1.54, 1.807) is 12.1 Å². The molecule has 188 valence electrons. The summed E-state index contributed by atoms with van der Waals surface area (Å²) in [6.45, 7) is 0.533. The molecule has 2 aliphatic rings. The summed E-state index contributed by atoms with van der Waals surface area (Å²) in [5.74, 6) is 0.215. The van der Waals surface area contributed by atoms with Crippen LogP contribution in [-0.2, 0) is 20.9 Å². The summed E-state index contributed by atoms with van der Waals surface area (Å²) in [7, 11) is 1.29. The first-order chi connectivity index (χ1) is 18.0. The van der Waals surface area contributed by atoms with Crippen LogP contribution in [0.1, 0.15) is 22.3 Å². The number of carbonyl (C=O) groups is 3. The van der Waals surface area contributed by atoms with E-state index in [-0.39, 0.29) is 25.0 Å². The van der Waals surface area contributed by atoms with Gasteiger partial charge in [-0.15, -0.1) is 0 Å². The lowest BCUT2D eigenvalue weighted by Gasteiger charge is -2.16. The number of imide groups is 1. The number of nitrogens with one attached hydrogen (secondary N) is 1. The first-order valence-electron chi connectivity index (χ1n) is 11.5. The largest absolute Gasteiger partial charge is 0.465 e. The van der Waals surface area contributed by atoms with Crippen LogP contribution >= 0.6 is 11.8 Å². The normalized spacial score (nSPS) is 16.7. The number of aliphatic imine (C=N–C) groups is 1. The second kappa shape index (κ2) is 10.8. The molecule has 37 heavy (non-hydrogen) atoms. The molecular weight excluding hydrogens is 494 g/mol. The van der Waals surface area contributed by atoms with Gasteiger partial charge in [-0.2, -0.15) is 0 Å². The number of anilines is 2. The number of para-hydroxylation sites is 1. The lowest BCUT2D eigenvalue weighted by Crippen LogP contribution is -2.31. The predicted molar refractivity (Wildman–Crippen MR) is 140 cm³/mol. The van der Waals surface area contributed by atoms with Gasteiger partial charge < -0.3 is 19.5 Å². The van der Waals surface area contributed by atoms with E-state index in [2.05, 4.69) is 5.32 Å². The number of esters is 1. The second-order valence-electron chi connectivity index (χ2n) is 8.22. The molecule has 3 aromatic carbocycles. The van der Waals surface area contributed by atoms with E-state index in [1.807, 2.05) is 48.5 Å². The molecule has 0 bridgehead atoms. The third-order valence-corrected chi connectivity index (χ3v) is 6.88. The minimum Gasteiger partial charge on any atom is -0.465 e. The van der Waals surface area contributed by atoms with Gasteiger partial charge in [0.25, 0.3) is 0 Å². The number of hydrogen-bond donors (Lipinski definition) is 1. The molecule has 2 aliphatic heterocycles. The van der Waals surface area contributed by atoms with Crippen molar-refractivity contribution in [3.05, 3.63) is 83.9 Å². The van der Waals surface area contributed by atoms with Crippen LogP contribution in [0.3, 0.4) is 0 Å². The van der Waals surface area contributed by atoms with Crippen molar-refractivity contribution >= 4 is 46.1 Å². The first-order valence-corrected chi connectivity index (χ1v) is 12.4. The topological polar surface area (TPSA) is 107 Å². The zero-order valence-corrected chi connectivity index (χ0v) is 20.7. The van der Waals surface area contributed by atoms with Gasteiger partial charge in [-0.25, -0.2) is 9.69 Å². The number of carbonyl (C=O) groups excluding carboxylic acids is 3. The van der Waals surface area contributed by atoms with Crippen molar-refractivity contribution in [3.8, 4) is 11.5 Å². The summed E-state index contributed by atoms with van der Waals surface area (Å²) in [4.78, 5) is 43.6. The average Bonchev–Trinajstić information content (AvgIpc) is 3.50. The Morgan fingerprint density at radius 1 is 1.05 bits per heavy atom. The molecule has 10 heteroatoms. The maximum Gasteiger partial charge on any atom is 0.337 e. The highest BCUT2D eigenvalue weighted by molar-refractivity contribution is 8.15. The van der Waals surface area contributed by atoms with E-state index >= 15 is 0 Å². The van der Waals surface area contributed by atoms with Crippen LogP contribution in [0, 0.1) is 0 Å². The number of thioether (sulfide) groups is 1. The number of rotatable bonds is 6. The number of ether oxygens (including phenoxy) is 3. The molecule has 1 atom stereocenters. The molecular formula is C27H23N3O6S. The molecule has 0 unspecified atom stereocenters. The highest BCUT2D eigenvalue weighted by atomic mass is 32.2. The van der Waals surface area contributed by atoms with Gasteiger partial charge in [-0.1, -0.05) is 36.0 Å². The molecule has 9 nitrogen and oxygen atoms in total. The fraction of sp³-hybridized carbons (Fsp3) is 0.185. The van der Waals surface area contributed by atoms with Crippen molar-refractivity contribution in [1.82, 2.24) is 0 Å². The van der Waals surface area contributed by atoms with Gasteiger partial charge in [-0.3, -0.25) is 14.6 Å². The maximum absolute atomic E-state index is 13.3. The SMILES string of the molecule is COC(=O)c1ccc(N2C(=O)C[C@H](SC(=NCc3ccc4c(c3)OCO4)Nc3ccccc3)C2=O)cc1. The number of methoxy groups -OCH3 is 1. The standard InChI is InChI=1S/C27H23N3O6S/c1-34-26(33)18-8-10-20(11-9-18)30-24(31)14-23(25(30)32)37-27(29-19-5-3-2-4-6-19)28-15-17-7-12-21-22(13-17)36-16-35-21/h2-13,23H,14-16H2,1H3,(H,28,29)/t23-/m0/s1. The van der Waals surface area contributed by atoms with Crippen LogP contribution in [0.5, 0.6) is 11.5 Å². The van der Waals surface area contributed by atoms with Crippen molar-refractivity contribution < 1.29 is 28.6 Å². The predicted octanol–water partition coefficient (Wildman–Crippen LogP) is 4.24. The molecule has 0 aliphatic carbocycles. The summed E-state index contributed by atoms with van der Waals surface area (Å²) in [6, 6.07) is 21.3. The Kier molecular flexibility index (Phi) is 7.09. The molecule has 0 radical (unpaired) electrons. The van der Waals surface area contributed by atoms with Gasteiger partial charge in [-0.05, 0) is 54.1 Å². The monoisotopic (exact) mass is 517 g/mol. The minimum absolute atomic E-state index is 0.0295. The van der Waals surface area contributed by atoms with Gasteiger partial charge in [0.05, 0.1) is 24.9 Å². The van der Waals surface area contributed by atoms with Crippen molar-refractivity contribution in [2.45, 2.75) is 18.2 Å². The maximum atomic E-state index is 13.3. The third-order valence-electron chi connectivity index (χ3n) is 5.77. The Labute approximate surface area is 217 Å². The van der Waals surface area contributed by atoms with Crippen molar-refractivity contribution in [2.75, 3.05) is 24.1 Å². The Balaban J connectivity index is 1.34.